The van der Waals surface area contributed by atoms with Gasteiger partial charge in [-0.25, -0.2) is 19.1 Å². The highest BCUT2D eigenvalue weighted by atomic mass is 32.2. The Hall–Kier alpha value is -2.50. The predicted octanol–water partition coefficient (Wildman–Crippen LogP) is 2.13. The van der Waals surface area contributed by atoms with Crippen molar-refractivity contribution >= 4 is 27.5 Å². The number of carbonyl (C=O) groups excluding carboxylic acids is 1. The average Bonchev–Trinajstić information content (AvgIpc) is 3.36. The minimum absolute atomic E-state index is 0.00518. The van der Waals surface area contributed by atoms with Crippen molar-refractivity contribution in [3.05, 3.63) is 33.6 Å². The maximum Gasteiger partial charge on any atom is 0.354 e. The summed E-state index contributed by atoms with van der Waals surface area (Å²) in [6, 6.07) is -0.794. The fraction of sp³-hybridized carbons (Fsp3) is 0.571. The van der Waals surface area contributed by atoms with Gasteiger partial charge in [0.15, 0.2) is 9.92 Å². The number of nitrogens with zero attached hydrogens (tertiary/aromatic N) is 3. The highest BCUT2D eigenvalue weighted by Gasteiger charge is 2.33. The first-order chi connectivity index (χ1) is 15.2. The quantitative estimate of drug-likeness (QED) is 0.623. The van der Waals surface area contributed by atoms with Crippen LogP contribution < -0.4 is 16.2 Å². The minimum Gasteiger partial charge on any atom is -0.474 e. The number of aromatic nitrogens is 1. The third kappa shape index (κ3) is 4.12. The lowest BCUT2D eigenvalue weighted by Crippen LogP contribution is -2.42. The molecule has 10 nitrogen and oxygen atoms in total. The van der Waals surface area contributed by atoms with Crippen LogP contribution in [0.3, 0.4) is 0 Å². The number of fused-ring (bicyclic) bond motifs is 2. The third-order valence-corrected chi connectivity index (χ3v) is 7.72. The number of nitrogens with one attached hydrogen (secondary N) is 1. The number of nitrogens with two attached hydrogens (primary N) is 2. The highest BCUT2D eigenvalue weighted by Crippen LogP contribution is 2.41. The van der Waals surface area contributed by atoms with Gasteiger partial charge in [-0.3, -0.25) is 4.98 Å². The lowest BCUT2D eigenvalue weighted by Gasteiger charge is -2.31. The molecule has 4 rings (SSSR count). The summed E-state index contributed by atoms with van der Waals surface area (Å²) in [5, 5.41) is 8.80. The number of ether oxygens (including phenoxy) is 2. The van der Waals surface area contributed by atoms with Crippen LogP contribution in [0.4, 0.5) is 10.5 Å². The molecule has 3 unspecified atom stereocenters. The van der Waals surface area contributed by atoms with E-state index in [0.717, 1.165) is 66.5 Å². The molecule has 5 N–H and O–H groups in total. The number of pyridine rings is 1. The van der Waals surface area contributed by atoms with E-state index >= 15 is 0 Å². The molecular weight excluding hydrogens is 432 g/mol. The maximum absolute atomic E-state index is 13.2. The number of rotatable bonds is 4. The van der Waals surface area contributed by atoms with Gasteiger partial charge in [0.1, 0.15) is 17.1 Å². The Labute approximate surface area is 188 Å². The molecule has 11 heteroatoms. The molecule has 3 aliphatic rings. The van der Waals surface area contributed by atoms with Crippen LogP contribution in [0.1, 0.15) is 55.1 Å². The van der Waals surface area contributed by atoms with Crippen LogP contribution in [0.15, 0.2) is 20.5 Å². The monoisotopic (exact) mass is 462 g/mol. The van der Waals surface area contributed by atoms with Crippen molar-refractivity contribution in [2.75, 3.05) is 25.6 Å². The van der Waals surface area contributed by atoms with Crippen molar-refractivity contribution in [3.8, 4) is 0 Å². The summed E-state index contributed by atoms with van der Waals surface area (Å²) in [6.07, 6.45) is 5.56. The van der Waals surface area contributed by atoms with Crippen molar-refractivity contribution in [2.24, 2.45) is 20.2 Å². The van der Waals surface area contributed by atoms with Crippen LogP contribution in [0.5, 0.6) is 0 Å². The summed E-state index contributed by atoms with van der Waals surface area (Å²) in [7, 11) is -2.13. The van der Waals surface area contributed by atoms with Gasteiger partial charge in [0.2, 0.25) is 5.90 Å². The standard InChI is InChI=1S/C21H30N6O4S/c1-12-7-8-14-17(12)25-15-6-4-5-13(15)18(14)26-20(28)27-32(23,29)16(9-22)19-24-10-21(2,30-3)11-31-19/h9,12H,4-8,10-11,22H2,1-3H3,(H3,23,25,26,27,28,29)/b16-9+. The molecule has 0 radical (unpaired) electrons. The lowest BCUT2D eigenvalue weighted by atomic mass is 10.0. The van der Waals surface area contributed by atoms with Gasteiger partial charge in [-0.15, -0.1) is 4.36 Å². The molecule has 174 valence electrons. The second-order valence-corrected chi connectivity index (χ2v) is 10.5. The molecule has 2 amide bonds. The van der Waals surface area contributed by atoms with Crippen LogP contribution in [-0.2, 0) is 38.7 Å². The van der Waals surface area contributed by atoms with Gasteiger partial charge in [-0.2, -0.15) is 0 Å². The van der Waals surface area contributed by atoms with Crippen LogP contribution >= 0.6 is 0 Å². The summed E-state index contributed by atoms with van der Waals surface area (Å²) < 4.78 is 27.9. The topological polar surface area (TPSA) is 154 Å². The first-order valence-electron chi connectivity index (χ1n) is 10.7. The van der Waals surface area contributed by atoms with E-state index in [1.54, 1.807) is 7.11 Å². The molecular formula is C21H30N6O4S. The number of aliphatic imine (C=N–C) groups is 1. The predicted molar refractivity (Wildman–Crippen MR) is 123 cm³/mol. The number of amides is 2. The molecule has 1 aliphatic heterocycles. The molecule has 2 heterocycles. The number of urea groups is 1. The second-order valence-electron chi connectivity index (χ2n) is 8.75. The van der Waals surface area contributed by atoms with Crippen LogP contribution in [0.2, 0.25) is 0 Å². The summed E-state index contributed by atoms with van der Waals surface area (Å²) in [6.45, 7) is 4.42. The van der Waals surface area contributed by atoms with E-state index in [1.165, 1.54) is 0 Å². The van der Waals surface area contributed by atoms with E-state index in [2.05, 4.69) is 21.6 Å². The lowest BCUT2D eigenvalue weighted by molar-refractivity contribution is -0.0338. The van der Waals surface area contributed by atoms with Gasteiger partial charge >= 0.3 is 6.03 Å². The molecule has 1 aromatic rings. The minimum atomic E-state index is -3.69. The fourth-order valence-corrected chi connectivity index (χ4v) is 5.33. The van der Waals surface area contributed by atoms with E-state index in [4.69, 9.17) is 25.3 Å². The van der Waals surface area contributed by atoms with Crippen LogP contribution in [0.25, 0.3) is 0 Å². The van der Waals surface area contributed by atoms with Crippen molar-refractivity contribution in [2.45, 2.75) is 57.5 Å². The number of methoxy groups -OCH3 is 1. The molecule has 0 fully saturated rings. The average molecular weight is 463 g/mol. The number of hydrogen-bond acceptors (Lipinski definition) is 7. The molecule has 3 atom stereocenters. The van der Waals surface area contributed by atoms with Crippen LogP contribution in [0, 0.1) is 0 Å². The zero-order chi connectivity index (χ0) is 23.1. The molecule has 1 aromatic heterocycles. The number of aryl methyl sites for hydroxylation is 1. The number of hydrogen-bond donors (Lipinski definition) is 3. The summed E-state index contributed by atoms with van der Waals surface area (Å²) >= 11 is 0. The third-order valence-electron chi connectivity index (χ3n) is 6.34. The number of anilines is 1. The van der Waals surface area contributed by atoms with Gasteiger partial charge in [0.05, 0.1) is 12.2 Å². The number of carbonyl (C=O) groups is 1. The molecule has 2 aliphatic carbocycles. The van der Waals surface area contributed by atoms with Crippen LogP contribution in [-0.4, -0.2) is 47.0 Å². The Bertz CT molecular complexity index is 1140. The second kappa shape index (κ2) is 8.45. The zero-order valence-corrected chi connectivity index (χ0v) is 19.5. The zero-order valence-electron chi connectivity index (χ0n) is 18.6. The summed E-state index contributed by atoms with van der Waals surface area (Å²) in [4.78, 5) is 21.8. The van der Waals surface area contributed by atoms with E-state index in [0.29, 0.717) is 5.92 Å². The van der Waals surface area contributed by atoms with Gasteiger partial charge in [0, 0.05) is 24.7 Å². The Morgan fingerprint density at radius 2 is 2.16 bits per heavy atom. The highest BCUT2D eigenvalue weighted by molar-refractivity contribution is 7.96. The Balaban J connectivity index is 1.62. The Morgan fingerprint density at radius 1 is 1.38 bits per heavy atom. The van der Waals surface area contributed by atoms with Gasteiger partial charge in [-0.1, -0.05) is 6.92 Å². The normalized spacial score (nSPS) is 26.4. The van der Waals surface area contributed by atoms with E-state index < -0.39 is 21.5 Å². The van der Waals surface area contributed by atoms with Crippen molar-refractivity contribution < 1.29 is 18.5 Å². The fourth-order valence-electron chi connectivity index (χ4n) is 4.37. The van der Waals surface area contributed by atoms with E-state index in [-0.39, 0.29) is 24.0 Å². The first kappa shape index (κ1) is 22.7. The molecule has 0 spiro atoms. The largest absolute Gasteiger partial charge is 0.474 e. The maximum atomic E-state index is 13.2. The Kier molecular flexibility index (Phi) is 5.99. The van der Waals surface area contributed by atoms with Gasteiger partial charge in [-0.05, 0) is 56.1 Å². The van der Waals surface area contributed by atoms with Gasteiger partial charge < -0.3 is 20.5 Å². The van der Waals surface area contributed by atoms with Crippen molar-refractivity contribution in [1.82, 2.24) is 4.98 Å². The van der Waals surface area contributed by atoms with Crippen molar-refractivity contribution in [3.63, 3.8) is 0 Å². The summed E-state index contributed by atoms with van der Waals surface area (Å²) in [5.41, 5.74) is 9.94. The molecule has 32 heavy (non-hydrogen) atoms. The van der Waals surface area contributed by atoms with E-state index in [1.807, 2.05) is 6.92 Å². The first-order valence-corrected chi connectivity index (χ1v) is 12.3. The molecule has 0 saturated heterocycles. The molecule has 0 saturated carbocycles. The van der Waals surface area contributed by atoms with E-state index in [9.17, 15) is 9.00 Å². The SMILES string of the molecule is COC1(C)CN=C(/C(=C\N)S(N)(=O)=NC(=O)Nc2c3c(nc4c2CCC4C)CCC3)OC1. The summed E-state index contributed by atoms with van der Waals surface area (Å²) in [5.74, 6) is 0.346. The van der Waals surface area contributed by atoms with Crippen molar-refractivity contribution in [1.29, 1.82) is 0 Å². The van der Waals surface area contributed by atoms with Gasteiger partial charge in [0.25, 0.3) is 0 Å². The molecule has 0 aromatic carbocycles. The Morgan fingerprint density at radius 3 is 2.81 bits per heavy atom. The smallest absolute Gasteiger partial charge is 0.354 e. The molecule has 0 bridgehead atoms.